The summed E-state index contributed by atoms with van der Waals surface area (Å²) in [6.07, 6.45) is 1.63. The molecule has 0 saturated heterocycles. The van der Waals surface area contributed by atoms with Gasteiger partial charge in [-0.2, -0.15) is 0 Å². The summed E-state index contributed by atoms with van der Waals surface area (Å²) in [5.41, 5.74) is 2.37. The molecule has 3 aromatic rings. The largest absolute Gasteiger partial charge is 0.491 e. The molecule has 0 fully saturated rings. The lowest BCUT2D eigenvalue weighted by Gasteiger charge is -2.15. The highest BCUT2D eigenvalue weighted by Gasteiger charge is 2.15. The zero-order valence-electron chi connectivity index (χ0n) is 18.5. The molecule has 1 N–H and O–H groups in total. The number of rotatable bonds is 8. The molecule has 176 valence electrons. The number of pyridine rings is 1. The topological polar surface area (TPSA) is 69.7 Å². The summed E-state index contributed by atoms with van der Waals surface area (Å²) in [7, 11) is 0. The van der Waals surface area contributed by atoms with Crippen molar-refractivity contribution >= 4 is 52.1 Å². The molecule has 0 bridgehead atoms. The zero-order valence-corrected chi connectivity index (χ0v) is 20.8. The number of carbonyl (C=O) groups excluding carboxylic acids is 1. The minimum Gasteiger partial charge on any atom is -0.491 e. The molecule has 1 aromatic heterocycles. The van der Waals surface area contributed by atoms with Gasteiger partial charge in [0.25, 0.3) is 0 Å². The molecule has 2 aromatic carbocycles. The second-order valence-electron chi connectivity index (χ2n) is 6.49. The molecule has 0 atom stereocenters. The van der Waals surface area contributed by atoms with Crippen molar-refractivity contribution in [1.29, 1.82) is 0 Å². The summed E-state index contributed by atoms with van der Waals surface area (Å²) in [6, 6.07) is 14.1. The number of ether oxygens (including phenoxy) is 3. The molecule has 9 heteroatoms. The van der Waals surface area contributed by atoms with Crippen LogP contribution in [0.3, 0.4) is 0 Å². The molecule has 0 saturated carbocycles. The Hall–Kier alpha value is -2.51. The van der Waals surface area contributed by atoms with Crippen molar-refractivity contribution < 1.29 is 19.0 Å². The number of aryl methyl sites for hydroxylation is 1. The summed E-state index contributed by atoms with van der Waals surface area (Å²) in [5, 5.41) is 4.52. The monoisotopic (exact) mass is 510 g/mol. The van der Waals surface area contributed by atoms with E-state index in [1.807, 2.05) is 26.8 Å². The number of para-hydroxylation sites is 1. The predicted octanol–water partition coefficient (Wildman–Crippen LogP) is 7.33. The van der Waals surface area contributed by atoms with Gasteiger partial charge in [0.15, 0.2) is 17.7 Å². The van der Waals surface area contributed by atoms with Crippen LogP contribution in [-0.4, -0.2) is 31.0 Å². The summed E-state index contributed by atoms with van der Waals surface area (Å²) in [4.78, 5) is 16.0. The summed E-state index contributed by atoms with van der Waals surface area (Å²) >= 11 is 18.2. The van der Waals surface area contributed by atoms with E-state index in [-0.39, 0.29) is 6.79 Å². The summed E-state index contributed by atoms with van der Waals surface area (Å²) in [5.74, 6) is 0.160. The Labute approximate surface area is 208 Å². The molecule has 1 heterocycles. The van der Waals surface area contributed by atoms with Gasteiger partial charge >= 0.3 is 5.97 Å². The third-order valence-electron chi connectivity index (χ3n) is 4.19. The minimum absolute atomic E-state index is 0.0877. The van der Waals surface area contributed by atoms with E-state index in [2.05, 4.69) is 10.3 Å². The molecule has 0 spiro atoms. The van der Waals surface area contributed by atoms with Gasteiger partial charge in [-0.05, 0) is 56.7 Å². The van der Waals surface area contributed by atoms with Gasteiger partial charge in [0, 0.05) is 12.8 Å². The van der Waals surface area contributed by atoms with Crippen LogP contribution in [-0.2, 0) is 9.47 Å². The quantitative estimate of drug-likeness (QED) is 0.148. The van der Waals surface area contributed by atoms with E-state index in [1.165, 1.54) is 0 Å². The fourth-order valence-corrected chi connectivity index (χ4v) is 3.21. The van der Waals surface area contributed by atoms with Crippen molar-refractivity contribution in [3.63, 3.8) is 0 Å². The Bertz CT molecular complexity index is 1060. The van der Waals surface area contributed by atoms with Gasteiger partial charge in [-0.3, -0.25) is 0 Å². The molecule has 0 unspecified atom stereocenters. The van der Waals surface area contributed by atoms with Crippen LogP contribution in [0, 0.1) is 6.92 Å². The van der Waals surface area contributed by atoms with Crippen LogP contribution in [0.15, 0.2) is 54.7 Å². The van der Waals surface area contributed by atoms with E-state index in [1.54, 1.807) is 48.7 Å². The number of halogens is 3. The minimum atomic E-state index is -0.485. The van der Waals surface area contributed by atoms with Crippen molar-refractivity contribution in [1.82, 2.24) is 4.98 Å². The third kappa shape index (κ3) is 8.09. The van der Waals surface area contributed by atoms with Crippen molar-refractivity contribution in [3.05, 3.63) is 81.1 Å². The normalized spacial score (nSPS) is 10.1. The maximum absolute atomic E-state index is 12.2. The molecule has 33 heavy (non-hydrogen) atoms. The Morgan fingerprint density at radius 3 is 2.45 bits per heavy atom. The SMILES string of the molecule is CCOCOC(=O)c1ccccc1Nc1c(Cl)ccc(C)c1Cl.CCOc1cccnc1Cl. The number of hydrogen-bond acceptors (Lipinski definition) is 6. The van der Waals surface area contributed by atoms with Crippen LogP contribution in [0.25, 0.3) is 0 Å². The average Bonchev–Trinajstić information content (AvgIpc) is 2.82. The first-order valence-corrected chi connectivity index (χ1v) is 11.3. The Morgan fingerprint density at radius 2 is 1.76 bits per heavy atom. The Balaban J connectivity index is 0.000000321. The first-order valence-electron chi connectivity index (χ1n) is 10.2. The van der Waals surface area contributed by atoms with E-state index in [0.717, 1.165) is 5.56 Å². The number of nitrogens with zero attached hydrogens (tertiary/aromatic N) is 1. The molecule has 0 amide bonds. The van der Waals surface area contributed by atoms with Crippen LogP contribution >= 0.6 is 34.8 Å². The molecule has 0 aliphatic carbocycles. The number of esters is 1. The number of carbonyl (C=O) groups is 1. The maximum Gasteiger partial charge on any atom is 0.342 e. The number of anilines is 2. The third-order valence-corrected chi connectivity index (χ3v) is 5.28. The second-order valence-corrected chi connectivity index (χ2v) is 7.63. The van der Waals surface area contributed by atoms with Gasteiger partial charge in [0.1, 0.15) is 0 Å². The average molecular weight is 512 g/mol. The molecular formula is C24H25Cl3N2O4. The fourth-order valence-electron chi connectivity index (χ4n) is 2.57. The van der Waals surface area contributed by atoms with Crippen LogP contribution in [0.1, 0.15) is 29.8 Å². The van der Waals surface area contributed by atoms with Crippen molar-refractivity contribution in [2.24, 2.45) is 0 Å². The first-order chi connectivity index (χ1) is 15.9. The highest BCUT2D eigenvalue weighted by molar-refractivity contribution is 6.39. The highest BCUT2D eigenvalue weighted by Crippen LogP contribution is 2.36. The molecule has 0 aliphatic rings. The molecule has 6 nitrogen and oxygen atoms in total. The van der Waals surface area contributed by atoms with E-state index >= 15 is 0 Å². The van der Waals surface area contributed by atoms with E-state index in [0.29, 0.717) is 51.1 Å². The van der Waals surface area contributed by atoms with Gasteiger partial charge < -0.3 is 19.5 Å². The van der Waals surface area contributed by atoms with E-state index in [4.69, 9.17) is 49.0 Å². The Kier molecular flexibility index (Phi) is 11.3. The van der Waals surface area contributed by atoms with Crippen LogP contribution in [0.4, 0.5) is 11.4 Å². The van der Waals surface area contributed by atoms with Crippen molar-refractivity contribution in [3.8, 4) is 5.75 Å². The first kappa shape index (κ1) is 26.7. The number of hydrogen-bond donors (Lipinski definition) is 1. The Morgan fingerprint density at radius 1 is 1.00 bits per heavy atom. The second kappa shape index (κ2) is 13.9. The number of aromatic nitrogens is 1. The lowest BCUT2D eigenvalue weighted by Crippen LogP contribution is -2.11. The van der Waals surface area contributed by atoms with Crippen LogP contribution < -0.4 is 10.1 Å². The molecule has 0 radical (unpaired) electrons. The molecule has 0 aliphatic heterocycles. The van der Waals surface area contributed by atoms with Gasteiger partial charge in [-0.1, -0.05) is 53.0 Å². The van der Waals surface area contributed by atoms with Crippen molar-refractivity contribution in [2.75, 3.05) is 25.3 Å². The maximum atomic E-state index is 12.2. The molecular weight excluding hydrogens is 487 g/mol. The summed E-state index contributed by atoms with van der Waals surface area (Å²) < 4.78 is 15.2. The highest BCUT2D eigenvalue weighted by atomic mass is 35.5. The lowest BCUT2D eigenvalue weighted by atomic mass is 10.1. The summed E-state index contributed by atoms with van der Waals surface area (Å²) in [6.45, 7) is 6.61. The van der Waals surface area contributed by atoms with Crippen molar-refractivity contribution in [2.45, 2.75) is 20.8 Å². The van der Waals surface area contributed by atoms with Crippen LogP contribution in [0.5, 0.6) is 5.75 Å². The number of benzene rings is 2. The number of nitrogens with one attached hydrogen (secondary N) is 1. The van der Waals surface area contributed by atoms with E-state index < -0.39 is 5.97 Å². The van der Waals surface area contributed by atoms with Gasteiger partial charge in [0.2, 0.25) is 0 Å². The standard InChI is InChI=1S/C17H17Cl2NO3.C7H8ClNO/c1-3-22-10-23-17(21)12-6-4-5-7-14(12)20-16-13(18)9-8-11(2)15(16)19;1-2-10-6-4-3-5-9-7(6)8/h4-9,20H,3,10H2,1-2H3;3-5H,2H2,1H3. The fraction of sp³-hybridized carbons (Fsp3) is 0.250. The van der Waals surface area contributed by atoms with E-state index in [9.17, 15) is 4.79 Å². The molecule has 3 rings (SSSR count). The smallest absolute Gasteiger partial charge is 0.342 e. The zero-order chi connectivity index (χ0) is 24.2. The van der Waals surface area contributed by atoms with Crippen LogP contribution in [0.2, 0.25) is 15.2 Å². The van der Waals surface area contributed by atoms with Gasteiger partial charge in [-0.25, -0.2) is 9.78 Å². The predicted molar refractivity (Wildman–Crippen MR) is 133 cm³/mol. The van der Waals surface area contributed by atoms with Gasteiger partial charge in [0.05, 0.1) is 33.6 Å². The lowest BCUT2D eigenvalue weighted by molar-refractivity contribution is -0.0273. The van der Waals surface area contributed by atoms with Gasteiger partial charge in [-0.15, -0.1) is 0 Å².